The maximum Gasteiger partial charge on any atom is 0.255 e. The summed E-state index contributed by atoms with van der Waals surface area (Å²) in [6, 6.07) is 11.4. The molecular formula is C15H13N3OS. The van der Waals surface area contributed by atoms with E-state index in [1.165, 1.54) is 11.5 Å². The molecule has 0 spiro atoms. The first-order valence-corrected chi connectivity index (χ1v) is 7.01. The number of carbonyl (C=O) groups is 1. The van der Waals surface area contributed by atoms with Crippen LogP contribution in [0.5, 0.6) is 0 Å². The summed E-state index contributed by atoms with van der Waals surface area (Å²) in [6.07, 6.45) is 0. The molecule has 0 aliphatic carbocycles. The number of nitrogens with zero attached hydrogens (tertiary/aromatic N) is 2. The second-order valence-corrected chi connectivity index (χ2v) is 5.51. The largest absolute Gasteiger partial charge is 0.322 e. The lowest BCUT2D eigenvalue weighted by molar-refractivity contribution is 0.102. The molecule has 1 amide bonds. The van der Waals surface area contributed by atoms with Gasteiger partial charge in [-0.1, -0.05) is 16.6 Å². The van der Waals surface area contributed by atoms with Gasteiger partial charge in [0.05, 0.1) is 4.70 Å². The van der Waals surface area contributed by atoms with Crippen molar-refractivity contribution in [2.24, 2.45) is 0 Å². The number of hydrogen-bond acceptors (Lipinski definition) is 4. The number of benzene rings is 2. The SMILES string of the molecule is Cc1ccc(C)c(NC(=O)c2ccc3nnsc3c2)c1. The minimum absolute atomic E-state index is 0.117. The number of hydrogen-bond donors (Lipinski definition) is 1. The van der Waals surface area contributed by atoms with Gasteiger partial charge in [-0.25, -0.2) is 0 Å². The van der Waals surface area contributed by atoms with Gasteiger partial charge in [0.1, 0.15) is 5.52 Å². The maximum absolute atomic E-state index is 12.3. The van der Waals surface area contributed by atoms with Crippen LogP contribution in [0.1, 0.15) is 21.5 Å². The summed E-state index contributed by atoms with van der Waals surface area (Å²) >= 11 is 1.29. The molecule has 1 N–H and O–H groups in total. The van der Waals surface area contributed by atoms with Crippen LogP contribution in [0.3, 0.4) is 0 Å². The van der Waals surface area contributed by atoms with Crippen LogP contribution in [0.15, 0.2) is 36.4 Å². The van der Waals surface area contributed by atoms with Crippen molar-refractivity contribution in [2.45, 2.75) is 13.8 Å². The summed E-state index contributed by atoms with van der Waals surface area (Å²) in [7, 11) is 0. The molecule has 1 heterocycles. The second kappa shape index (κ2) is 5.02. The zero-order valence-electron chi connectivity index (χ0n) is 11.2. The van der Waals surface area contributed by atoms with Gasteiger partial charge in [-0.2, -0.15) is 0 Å². The van der Waals surface area contributed by atoms with E-state index in [0.717, 1.165) is 27.0 Å². The molecule has 0 unspecified atom stereocenters. The average Bonchev–Trinajstić information content (AvgIpc) is 2.90. The number of anilines is 1. The Morgan fingerprint density at radius 1 is 1.15 bits per heavy atom. The van der Waals surface area contributed by atoms with Gasteiger partial charge in [0, 0.05) is 11.3 Å². The van der Waals surface area contributed by atoms with Crippen molar-refractivity contribution in [1.29, 1.82) is 0 Å². The van der Waals surface area contributed by atoms with Gasteiger partial charge < -0.3 is 5.32 Å². The zero-order chi connectivity index (χ0) is 14.1. The van der Waals surface area contributed by atoms with Gasteiger partial charge in [0.25, 0.3) is 5.91 Å². The molecule has 5 heteroatoms. The average molecular weight is 283 g/mol. The van der Waals surface area contributed by atoms with Crippen LogP contribution in [0, 0.1) is 13.8 Å². The van der Waals surface area contributed by atoms with Crippen LogP contribution in [0.4, 0.5) is 5.69 Å². The Labute approximate surface area is 120 Å². The second-order valence-electron chi connectivity index (χ2n) is 4.73. The van der Waals surface area contributed by atoms with E-state index in [-0.39, 0.29) is 5.91 Å². The van der Waals surface area contributed by atoms with Gasteiger partial charge >= 0.3 is 0 Å². The number of aryl methyl sites for hydroxylation is 2. The number of amides is 1. The van der Waals surface area contributed by atoms with Crippen LogP contribution in [0.25, 0.3) is 10.2 Å². The van der Waals surface area contributed by atoms with E-state index in [9.17, 15) is 4.79 Å². The van der Waals surface area contributed by atoms with E-state index in [0.29, 0.717) is 5.56 Å². The van der Waals surface area contributed by atoms with E-state index < -0.39 is 0 Å². The van der Waals surface area contributed by atoms with Crippen LogP contribution < -0.4 is 5.32 Å². The standard InChI is InChI=1S/C15H13N3OS/c1-9-3-4-10(2)13(7-9)16-15(19)11-5-6-12-14(8-11)20-18-17-12/h3-8H,1-2H3,(H,16,19). The fourth-order valence-electron chi connectivity index (χ4n) is 1.98. The number of aromatic nitrogens is 2. The number of fused-ring (bicyclic) bond motifs is 1. The molecule has 0 aliphatic heterocycles. The maximum atomic E-state index is 12.3. The van der Waals surface area contributed by atoms with E-state index in [1.807, 2.05) is 44.2 Å². The quantitative estimate of drug-likeness (QED) is 0.782. The molecule has 0 fully saturated rings. The first kappa shape index (κ1) is 12.7. The fourth-order valence-corrected chi connectivity index (χ4v) is 2.58. The van der Waals surface area contributed by atoms with Gasteiger partial charge in [0.15, 0.2) is 0 Å². The molecule has 0 atom stereocenters. The minimum Gasteiger partial charge on any atom is -0.322 e. The summed E-state index contributed by atoms with van der Waals surface area (Å²) in [4.78, 5) is 12.3. The summed E-state index contributed by atoms with van der Waals surface area (Å²) in [5, 5.41) is 6.91. The van der Waals surface area contributed by atoms with E-state index in [2.05, 4.69) is 14.9 Å². The van der Waals surface area contributed by atoms with Crippen molar-refractivity contribution in [3.05, 3.63) is 53.1 Å². The Morgan fingerprint density at radius 2 is 2.00 bits per heavy atom. The number of nitrogens with one attached hydrogen (secondary N) is 1. The lowest BCUT2D eigenvalue weighted by Gasteiger charge is -2.09. The van der Waals surface area contributed by atoms with E-state index in [4.69, 9.17) is 0 Å². The Morgan fingerprint density at radius 3 is 2.85 bits per heavy atom. The molecule has 0 bridgehead atoms. The van der Waals surface area contributed by atoms with Crippen molar-refractivity contribution >= 4 is 33.3 Å². The molecule has 3 rings (SSSR count). The summed E-state index contributed by atoms with van der Waals surface area (Å²) in [5.74, 6) is -0.117. The van der Waals surface area contributed by atoms with E-state index >= 15 is 0 Å². The lowest BCUT2D eigenvalue weighted by Crippen LogP contribution is -2.12. The van der Waals surface area contributed by atoms with Crippen molar-refractivity contribution in [2.75, 3.05) is 5.32 Å². The van der Waals surface area contributed by atoms with Crippen LogP contribution in [-0.2, 0) is 0 Å². The highest BCUT2D eigenvalue weighted by molar-refractivity contribution is 7.12. The van der Waals surface area contributed by atoms with Crippen LogP contribution in [0.2, 0.25) is 0 Å². The summed E-state index contributed by atoms with van der Waals surface area (Å²) in [5.41, 5.74) is 4.44. The molecule has 2 aromatic carbocycles. The van der Waals surface area contributed by atoms with Crippen LogP contribution >= 0.6 is 11.5 Å². The molecule has 100 valence electrons. The summed E-state index contributed by atoms with van der Waals surface area (Å²) in [6.45, 7) is 3.98. The Kier molecular flexibility index (Phi) is 3.20. The molecule has 0 radical (unpaired) electrons. The van der Waals surface area contributed by atoms with Crippen molar-refractivity contribution in [1.82, 2.24) is 9.59 Å². The van der Waals surface area contributed by atoms with Crippen molar-refractivity contribution < 1.29 is 4.79 Å². The highest BCUT2D eigenvalue weighted by Crippen LogP contribution is 2.20. The Bertz CT molecular complexity index is 795. The molecular weight excluding hydrogens is 270 g/mol. The third-order valence-corrected chi connectivity index (χ3v) is 3.84. The van der Waals surface area contributed by atoms with Gasteiger partial charge in [-0.15, -0.1) is 5.10 Å². The lowest BCUT2D eigenvalue weighted by atomic mass is 10.1. The summed E-state index contributed by atoms with van der Waals surface area (Å²) < 4.78 is 4.79. The predicted molar refractivity (Wildman–Crippen MR) is 81.3 cm³/mol. The van der Waals surface area contributed by atoms with Gasteiger partial charge in [-0.3, -0.25) is 4.79 Å². The molecule has 0 saturated carbocycles. The minimum atomic E-state index is -0.117. The molecule has 0 aliphatic rings. The van der Waals surface area contributed by atoms with Gasteiger partial charge in [-0.05, 0) is 60.8 Å². The smallest absolute Gasteiger partial charge is 0.255 e. The first-order chi connectivity index (χ1) is 9.63. The normalized spacial score (nSPS) is 10.7. The molecule has 20 heavy (non-hydrogen) atoms. The Balaban J connectivity index is 1.90. The Hall–Kier alpha value is -2.27. The number of carbonyl (C=O) groups excluding carboxylic acids is 1. The molecule has 3 aromatic rings. The van der Waals surface area contributed by atoms with Crippen LogP contribution in [-0.4, -0.2) is 15.5 Å². The third-order valence-electron chi connectivity index (χ3n) is 3.15. The predicted octanol–water partition coefficient (Wildman–Crippen LogP) is 3.56. The topological polar surface area (TPSA) is 54.9 Å². The highest BCUT2D eigenvalue weighted by Gasteiger charge is 2.09. The molecule has 1 aromatic heterocycles. The number of rotatable bonds is 2. The van der Waals surface area contributed by atoms with E-state index in [1.54, 1.807) is 6.07 Å². The highest BCUT2D eigenvalue weighted by atomic mass is 32.1. The fraction of sp³-hybridized carbons (Fsp3) is 0.133. The molecule has 4 nitrogen and oxygen atoms in total. The third kappa shape index (κ3) is 2.40. The first-order valence-electron chi connectivity index (χ1n) is 6.24. The monoisotopic (exact) mass is 283 g/mol. The van der Waals surface area contributed by atoms with Gasteiger partial charge in [0.2, 0.25) is 0 Å². The zero-order valence-corrected chi connectivity index (χ0v) is 12.0. The molecule has 0 saturated heterocycles. The van der Waals surface area contributed by atoms with Crippen molar-refractivity contribution in [3.63, 3.8) is 0 Å². The van der Waals surface area contributed by atoms with Crippen molar-refractivity contribution in [3.8, 4) is 0 Å².